The van der Waals surface area contributed by atoms with Gasteiger partial charge in [0.15, 0.2) is 0 Å². The monoisotopic (exact) mass is 547 g/mol. The van der Waals surface area contributed by atoms with Crippen molar-refractivity contribution in [3.05, 3.63) is 94.0 Å². The largest absolute Gasteiger partial charge is 0.357 e. The third kappa shape index (κ3) is 6.37. The molecule has 10 heteroatoms. The predicted octanol–water partition coefficient (Wildman–Crippen LogP) is 4.66. The molecule has 0 aliphatic carbocycles. The van der Waals surface area contributed by atoms with Crippen molar-refractivity contribution in [2.45, 2.75) is 31.3 Å². The molecule has 1 N–H and O–H groups in total. The van der Waals surface area contributed by atoms with Crippen LogP contribution in [0.25, 0.3) is 0 Å². The van der Waals surface area contributed by atoms with Crippen LogP contribution in [0.4, 0.5) is 5.69 Å². The Labute approximate surface area is 221 Å². The number of anilines is 1. The number of amides is 2. The fourth-order valence-corrected chi connectivity index (χ4v) is 5.59. The van der Waals surface area contributed by atoms with E-state index in [1.54, 1.807) is 25.1 Å². The Morgan fingerprint density at radius 1 is 0.972 bits per heavy atom. The van der Waals surface area contributed by atoms with Crippen LogP contribution in [0.15, 0.2) is 77.7 Å². The molecule has 0 radical (unpaired) electrons. The Bertz CT molecular complexity index is 1350. The minimum atomic E-state index is -4.21. The third-order valence-corrected chi connectivity index (χ3v) is 7.96. The number of sulfonamides is 1. The highest BCUT2D eigenvalue weighted by Gasteiger charge is 2.33. The first-order chi connectivity index (χ1) is 17.0. The summed E-state index contributed by atoms with van der Waals surface area (Å²) in [7, 11) is -2.73. The van der Waals surface area contributed by atoms with E-state index in [1.807, 2.05) is 31.2 Å². The first kappa shape index (κ1) is 27.5. The number of likely N-dealkylation sites (N-methyl/N-ethyl adjacent to an activating group) is 1. The van der Waals surface area contributed by atoms with Crippen molar-refractivity contribution in [2.24, 2.45) is 0 Å². The highest BCUT2D eigenvalue weighted by atomic mass is 35.5. The molecule has 3 aromatic rings. The third-order valence-electron chi connectivity index (χ3n) is 5.64. The van der Waals surface area contributed by atoms with Crippen LogP contribution < -0.4 is 9.62 Å². The van der Waals surface area contributed by atoms with Gasteiger partial charge in [0.05, 0.1) is 15.6 Å². The zero-order valence-corrected chi connectivity index (χ0v) is 22.4. The summed E-state index contributed by atoms with van der Waals surface area (Å²) in [6.45, 7) is 3.03. The van der Waals surface area contributed by atoms with E-state index in [1.165, 1.54) is 42.3 Å². The lowest BCUT2D eigenvalue weighted by atomic mass is 10.1. The first-order valence-corrected chi connectivity index (χ1v) is 13.3. The quantitative estimate of drug-likeness (QED) is 0.422. The number of hydrogen-bond donors (Lipinski definition) is 1. The molecule has 0 unspecified atom stereocenters. The molecule has 7 nitrogen and oxygen atoms in total. The normalized spacial score (nSPS) is 12.0. The molecule has 0 spiro atoms. The van der Waals surface area contributed by atoms with E-state index < -0.39 is 28.5 Å². The van der Waals surface area contributed by atoms with Gasteiger partial charge in [-0.25, -0.2) is 8.42 Å². The second kappa shape index (κ2) is 11.8. The second-order valence-electron chi connectivity index (χ2n) is 8.22. The van der Waals surface area contributed by atoms with Gasteiger partial charge in [-0.3, -0.25) is 13.9 Å². The maximum Gasteiger partial charge on any atom is 0.264 e. The smallest absolute Gasteiger partial charge is 0.264 e. The predicted molar refractivity (Wildman–Crippen MR) is 143 cm³/mol. The van der Waals surface area contributed by atoms with Crippen molar-refractivity contribution < 1.29 is 18.0 Å². The summed E-state index contributed by atoms with van der Waals surface area (Å²) >= 11 is 12.5. The van der Waals surface area contributed by atoms with Gasteiger partial charge in [-0.2, -0.15) is 0 Å². The summed E-state index contributed by atoms with van der Waals surface area (Å²) in [4.78, 5) is 27.6. The van der Waals surface area contributed by atoms with Crippen LogP contribution >= 0.6 is 23.2 Å². The molecule has 2 amide bonds. The van der Waals surface area contributed by atoms with Crippen molar-refractivity contribution in [1.82, 2.24) is 10.2 Å². The second-order valence-corrected chi connectivity index (χ2v) is 10.9. The van der Waals surface area contributed by atoms with Crippen molar-refractivity contribution in [1.29, 1.82) is 0 Å². The van der Waals surface area contributed by atoms with Crippen molar-refractivity contribution in [2.75, 3.05) is 17.9 Å². The summed E-state index contributed by atoms with van der Waals surface area (Å²) in [5.74, 6) is -0.961. The summed E-state index contributed by atoms with van der Waals surface area (Å²) in [6.07, 6.45) is 0. The summed E-state index contributed by atoms with van der Waals surface area (Å²) in [5, 5.41) is 2.91. The van der Waals surface area contributed by atoms with E-state index in [2.05, 4.69) is 5.32 Å². The minimum absolute atomic E-state index is 0.0153. The maximum atomic E-state index is 13.7. The number of rotatable bonds is 9. The van der Waals surface area contributed by atoms with Gasteiger partial charge in [-0.1, -0.05) is 71.2 Å². The number of nitrogens with zero attached hydrogens (tertiary/aromatic N) is 2. The molecule has 0 aliphatic rings. The molecular weight excluding hydrogens is 521 g/mol. The molecule has 36 heavy (non-hydrogen) atoms. The zero-order valence-electron chi connectivity index (χ0n) is 20.1. The minimum Gasteiger partial charge on any atom is -0.357 e. The lowest BCUT2D eigenvalue weighted by molar-refractivity contribution is -0.139. The summed E-state index contributed by atoms with van der Waals surface area (Å²) in [6, 6.07) is 18.8. The topological polar surface area (TPSA) is 86.8 Å². The summed E-state index contributed by atoms with van der Waals surface area (Å²) in [5.41, 5.74) is 1.85. The van der Waals surface area contributed by atoms with E-state index in [0.29, 0.717) is 0 Å². The standard InChI is InChI=1S/C26H27Cl2N3O4S/c1-18-8-7-9-20(14-18)16-30(19(2)26(33)29-3)25(32)17-31(24-15-21(27)12-13-23(24)28)36(34,35)22-10-5-4-6-11-22/h4-15,19H,16-17H2,1-3H3,(H,29,33)/t19-/m1/s1. The van der Waals surface area contributed by atoms with Gasteiger partial charge < -0.3 is 10.2 Å². The number of carbonyl (C=O) groups excluding carboxylic acids is 2. The molecule has 0 fully saturated rings. The number of hydrogen-bond acceptors (Lipinski definition) is 4. The Kier molecular flexibility index (Phi) is 9.00. The number of nitrogens with one attached hydrogen (secondary N) is 1. The highest BCUT2D eigenvalue weighted by molar-refractivity contribution is 7.92. The fraction of sp³-hybridized carbons (Fsp3) is 0.231. The lowest BCUT2D eigenvalue weighted by Crippen LogP contribution is -2.50. The van der Waals surface area contributed by atoms with Crippen molar-refractivity contribution >= 4 is 50.7 Å². The molecule has 0 aliphatic heterocycles. The number of benzene rings is 3. The zero-order chi connectivity index (χ0) is 26.5. The van der Waals surface area contributed by atoms with Crippen LogP contribution in [0.2, 0.25) is 10.0 Å². The molecule has 0 saturated carbocycles. The maximum absolute atomic E-state index is 13.7. The highest BCUT2D eigenvalue weighted by Crippen LogP contribution is 2.33. The molecule has 1 atom stereocenters. The van der Waals surface area contributed by atoms with Crippen LogP contribution in [-0.4, -0.2) is 44.8 Å². The molecular formula is C26H27Cl2N3O4S. The first-order valence-electron chi connectivity index (χ1n) is 11.1. The molecule has 190 valence electrons. The SMILES string of the molecule is CNC(=O)[C@@H](C)N(Cc1cccc(C)c1)C(=O)CN(c1cc(Cl)ccc1Cl)S(=O)(=O)c1ccccc1. The molecule has 0 bridgehead atoms. The Morgan fingerprint density at radius 3 is 2.31 bits per heavy atom. The van der Waals surface area contributed by atoms with Crippen LogP contribution in [0.1, 0.15) is 18.1 Å². The Balaban J connectivity index is 2.07. The van der Waals surface area contributed by atoms with Gasteiger partial charge in [-0.15, -0.1) is 0 Å². The average Bonchev–Trinajstić information content (AvgIpc) is 2.86. The van der Waals surface area contributed by atoms with Crippen molar-refractivity contribution in [3.63, 3.8) is 0 Å². The Morgan fingerprint density at radius 2 is 1.67 bits per heavy atom. The van der Waals surface area contributed by atoms with Gasteiger partial charge in [0, 0.05) is 18.6 Å². The van der Waals surface area contributed by atoms with E-state index in [0.717, 1.165) is 15.4 Å². The van der Waals surface area contributed by atoms with Gasteiger partial charge in [0.1, 0.15) is 12.6 Å². The lowest BCUT2D eigenvalue weighted by Gasteiger charge is -2.32. The van der Waals surface area contributed by atoms with E-state index >= 15 is 0 Å². The number of aryl methyl sites for hydroxylation is 1. The molecule has 3 aromatic carbocycles. The van der Waals surface area contributed by atoms with Gasteiger partial charge in [0.2, 0.25) is 11.8 Å². The van der Waals surface area contributed by atoms with E-state index in [9.17, 15) is 18.0 Å². The molecule has 0 saturated heterocycles. The summed E-state index contributed by atoms with van der Waals surface area (Å²) < 4.78 is 28.3. The molecule has 0 aromatic heterocycles. The average molecular weight is 548 g/mol. The van der Waals surface area contributed by atoms with Crippen LogP contribution in [0.3, 0.4) is 0 Å². The van der Waals surface area contributed by atoms with Crippen LogP contribution in [0, 0.1) is 6.92 Å². The molecule has 3 rings (SSSR count). The van der Waals surface area contributed by atoms with Gasteiger partial charge in [0.25, 0.3) is 10.0 Å². The number of halogens is 2. The van der Waals surface area contributed by atoms with Crippen molar-refractivity contribution in [3.8, 4) is 0 Å². The van der Waals surface area contributed by atoms with Crippen LogP contribution in [-0.2, 0) is 26.2 Å². The van der Waals surface area contributed by atoms with Gasteiger partial charge >= 0.3 is 0 Å². The fourth-order valence-electron chi connectivity index (χ4n) is 3.71. The van der Waals surface area contributed by atoms with E-state index in [-0.39, 0.29) is 33.1 Å². The van der Waals surface area contributed by atoms with E-state index in [4.69, 9.17) is 23.2 Å². The van der Waals surface area contributed by atoms with Gasteiger partial charge in [-0.05, 0) is 49.7 Å². The molecule has 0 heterocycles. The Hall–Kier alpha value is -3.07. The van der Waals surface area contributed by atoms with Crippen LogP contribution in [0.5, 0.6) is 0 Å². The number of carbonyl (C=O) groups is 2.